The zero-order valence-corrected chi connectivity index (χ0v) is 18.4. The first-order valence-electron chi connectivity index (χ1n) is 9.91. The number of nitrogens with zero attached hydrogens (tertiary/aromatic N) is 2. The molecule has 2 aromatic carbocycles. The summed E-state index contributed by atoms with van der Waals surface area (Å²) in [4.78, 5) is 12.8. The third-order valence-electron chi connectivity index (χ3n) is 5.35. The molecule has 1 aliphatic heterocycles. The maximum atomic E-state index is 13.9. The molecular weight excluding hydrogens is 461 g/mol. The number of nitrogens with one attached hydrogen (secondary N) is 2. The van der Waals surface area contributed by atoms with Crippen molar-refractivity contribution in [3.05, 3.63) is 64.8 Å². The highest BCUT2D eigenvalue weighted by atomic mass is 35.5. The van der Waals surface area contributed by atoms with Gasteiger partial charge in [0, 0.05) is 23.6 Å². The summed E-state index contributed by atoms with van der Waals surface area (Å²) in [5.41, 5.74) is 0.810. The molecule has 4 rings (SSSR count). The van der Waals surface area contributed by atoms with Crippen LogP contribution in [0.1, 0.15) is 34.6 Å². The van der Waals surface area contributed by atoms with Crippen molar-refractivity contribution in [3.63, 3.8) is 0 Å². The molecule has 0 spiro atoms. The molecule has 11 heteroatoms. The van der Waals surface area contributed by atoms with Gasteiger partial charge in [-0.25, -0.2) is 4.68 Å². The van der Waals surface area contributed by atoms with Crippen molar-refractivity contribution in [2.75, 3.05) is 24.9 Å². The Morgan fingerprint density at radius 2 is 1.88 bits per heavy atom. The van der Waals surface area contributed by atoms with Gasteiger partial charge >= 0.3 is 6.18 Å². The lowest BCUT2D eigenvalue weighted by atomic mass is 9.97. The lowest BCUT2D eigenvalue weighted by Crippen LogP contribution is -2.35. The molecule has 7 nitrogen and oxygen atoms in total. The number of rotatable bonds is 5. The molecule has 2 heterocycles. The summed E-state index contributed by atoms with van der Waals surface area (Å²) in [6.45, 7) is 0. The topological polar surface area (TPSA) is 77.4 Å². The predicted molar refractivity (Wildman–Crippen MR) is 117 cm³/mol. The van der Waals surface area contributed by atoms with E-state index in [-0.39, 0.29) is 17.9 Å². The van der Waals surface area contributed by atoms with Gasteiger partial charge in [-0.15, -0.1) is 0 Å². The van der Waals surface area contributed by atoms with Gasteiger partial charge in [0.1, 0.15) is 17.3 Å². The zero-order valence-electron chi connectivity index (χ0n) is 17.6. The Hall–Kier alpha value is -3.40. The smallest absolute Gasteiger partial charge is 0.410 e. The number of anilines is 2. The number of amides is 1. The van der Waals surface area contributed by atoms with Crippen molar-refractivity contribution in [1.29, 1.82) is 0 Å². The molecule has 1 aromatic heterocycles. The van der Waals surface area contributed by atoms with E-state index in [0.717, 1.165) is 4.68 Å². The molecule has 3 aromatic rings. The molecule has 2 atom stereocenters. The average molecular weight is 481 g/mol. The number of carbonyl (C=O) groups excluding carboxylic acids is 1. The van der Waals surface area contributed by atoms with E-state index in [4.69, 9.17) is 21.1 Å². The highest BCUT2D eigenvalue weighted by Crippen LogP contribution is 2.43. The molecule has 0 fully saturated rings. The van der Waals surface area contributed by atoms with Crippen molar-refractivity contribution in [3.8, 4) is 11.5 Å². The molecule has 0 unspecified atom stereocenters. The lowest BCUT2D eigenvalue weighted by molar-refractivity contribution is -0.173. The molecule has 33 heavy (non-hydrogen) atoms. The van der Waals surface area contributed by atoms with Crippen LogP contribution in [0.4, 0.5) is 24.7 Å². The van der Waals surface area contributed by atoms with E-state index in [0.29, 0.717) is 27.8 Å². The number of alkyl halides is 3. The fourth-order valence-corrected chi connectivity index (χ4v) is 3.81. The van der Waals surface area contributed by atoms with Gasteiger partial charge in [0.15, 0.2) is 11.7 Å². The van der Waals surface area contributed by atoms with Crippen molar-refractivity contribution in [1.82, 2.24) is 9.78 Å². The summed E-state index contributed by atoms with van der Waals surface area (Å²) in [5.74, 6) is 0.273. The first-order chi connectivity index (χ1) is 15.7. The van der Waals surface area contributed by atoms with Crippen molar-refractivity contribution >= 4 is 29.0 Å². The zero-order chi connectivity index (χ0) is 23.8. The van der Waals surface area contributed by atoms with Crippen LogP contribution >= 0.6 is 11.6 Å². The highest BCUT2D eigenvalue weighted by Gasteiger charge is 2.46. The Kier molecular flexibility index (Phi) is 6.11. The SMILES string of the molecule is COc1ccc(NC(=O)c2cc3n(n2)[C@@H](C(F)(F)F)C[C@@H](c2ccc(Cl)cc2)N3)c(OC)c1. The lowest BCUT2D eigenvalue weighted by Gasteiger charge is -2.33. The normalized spacial score (nSPS) is 17.6. The Labute approximate surface area is 192 Å². The van der Waals surface area contributed by atoms with E-state index in [1.807, 2.05) is 0 Å². The van der Waals surface area contributed by atoms with E-state index >= 15 is 0 Å². The third-order valence-corrected chi connectivity index (χ3v) is 5.60. The molecule has 1 amide bonds. The van der Waals surface area contributed by atoms with Gasteiger partial charge < -0.3 is 20.1 Å². The first-order valence-corrected chi connectivity index (χ1v) is 10.3. The van der Waals surface area contributed by atoms with E-state index < -0.39 is 24.2 Å². The van der Waals surface area contributed by atoms with Crippen LogP contribution in [-0.2, 0) is 0 Å². The largest absolute Gasteiger partial charge is 0.497 e. The van der Waals surface area contributed by atoms with Crippen LogP contribution in [-0.4, -0.2) is 36.1 Å². The molecule has 174 valence electrons. The van der Waals surface area contributed by atoms with Gasteiger partial charge in [-0.3, -0.25) is 4.79 Å². The Bertz CT molecular complexity index is 1160. The van der Waals surface area contributed by atoms with Crippen molar-refractivity contribution in [2.45, 2.75) is 24.7 Å². The third kappa shape index (κ3) is 4.70. The number of hydrogen-bond acceptors (Lipinski definition) is 5. The molecule has 0 aliphatic carbocycles. The average Bonchev–Trinajstić information content (AvgIpc) is 3.22. The summed E-state index contributed by atoms with van der Waals surface area (Å²) < 4.78 is 52.8. The number of aromatic nitrogens is 2. The van der Waals surface area contributed by atoms with Crippen LogP contribution < -0.4 is 20.1 Å². The molecule has 2 N–H and O–H groups in total. The second-order valence-corrected chi connectivity index (χ2v) is 7.86. The second kappa shape index (κ2) is 8.86. The monoisotopic (exact) mass is 480 g/mol. The maximum Gasteiger partial charge on any atom is 0.410 e. The standard InChI is InChI=1S/C22H20ClF3N4O3/c1-32-14-7-8-15(18(9-14)33-2)28-21(31)17-11-20-27-16(12-3-5-13(23)6-4-12)10-19(22(24,25)26)30(20)29-17/h3-9,11,16,19,27H,10H2,1-2H3,(H,28,31)/t16-,19+/m0/s1. The number of methoxy groups -OCH3 is 2. The van der Waals surface area contributed by atoms with E-state index in [9.17, 15) is 18.0 Å². The quantitative estimate of drug-likeness (QED) is 0.506. The summed E-state index contributed by atoms with van der Waals surface area (Å²) in [6.07, 6.45) is -4.84. The fraction of sp³-hybridized carbons (Fsp3) is 0.273. The minimum atomic E-state index is -4.56. The molecular formula is C22H20ClF3N4O3. The van der Waals surface area contributed by atoms with Crippen LogP contribution in [0.3, 0.4) is 0 Å². The van der Waals surface area contributed by atoms with E-state index in [1.54, 1.807) is 42.5 Å². The van der Waals surface area contributed by atoms with Gasteiger partial charge in [-0.1, -0.05) is 23.7 Å². The van der Waals surface area contributed by atoms with Crippen LogP contribution in [0.5, 0.6) is 11.5 Å². The number of hydrogen-bond donors (Lipinski definition) is 2. The van der Waals surface area contributed by atoms with Gasteiger partial charge in [0.05, 0.1) is 25.9 Å². The molecule has 0 saturated heterocycles. The molecule has 1 aliphatic rings. The van der Waals surface area contributed by atoms with Crippen LogP contribution in [0.25, 0.3) is 0 Å². The Morgan fingerprint density at radius 3 is 2.52 bits per heavy atom. The van der Waals surface area contributed by atoms with Crippen molar-refractivity contribution < 1.29 is 27.4 Å². The Morgan fingerprint density at radius 1 is 1.15 bits per heavy atom. The highest BCUT2D eigenvalue weighted by molar-refractivity contribution is 6.30. The number of carbonyl (C=O) groups is 1. The maximum absolute atomic E-state index is 13.9. The minimum Gasteiger partial charge on any atom is -0.497 e. The number of fused-ring (bicyclic) bond motifs is 1. The van der Waals surface area contributed by atoms with E-state index in [1.165, 1.54) is 20.3 Å². The summed E-state index contributed by atoms with van der Waals surface area (Å²) >= 11 is 5.90. The summed E-state index contributed by atoms with van der Waals surface area (Å²) in [6, 6.07) is 10.1. The first kappa shape index (κ1) is 22.8. The van der Waals surface area contributed by atoms with Gasteiger partial charge in [-0.05, 0) is 29.8 Å². The minimum absolute atomic E-state index is 0.0929. The molecule has 0 saturated carbocycles. The number of halogens is 4. The van der Waals surface area contributed by atoms with Gasteiger partial charge in [-0.2, -0.15) is 18.3 Å². The predicted octanol–water partition coefficient (Wildman–Crippen LogP) is 5.47. The van der Waals surface area contributed by atoms with Crippen molar-refractivity contribution in [2.24, 2.45) is 0 Å². The molecule has 0 bridgehead atoms. The van der Waals surface area contributed by atoms with E-state index in [2.05, 4.69) is 15.7 Å². The number of ether oxygens (including phenoxy) is 2. The molecule has 0 radical (unpaired) electrons. The van der Waals surface area contributed by atoms with Crippen LogP contribution in [0, 0.1) is 0 Å². The fourth-order valence-electron chi connectivity index (χ4n) is 3.69. The summed E-state index contributed by atoms with van der Waals surface area (Å²) in [7, 11) is 2.92. The van der Waals surface area contributed by atoms with Crippen LogP contribution in [0.15, 0.2) is 48.5 Å². The van der Waals surface area contributed by atoms with Crippen LogP contribution in [0.2, 0.25) is 5.02 Å². The second-order valence-electron chi connectivity index (χ2n) is 7.42. The van der Waals surface area contributed by atoms with Gasteiger partial charge in [0.2, 0.25) is 0 Å². The van der Waals surface area contributed by atoms with Gasteiger partial charge in [0.25, 0.3) is 5.91 Å². The summed E-state index contributed by atoms with van der Waals surface area (Å²) in [5, 5.41) is 10.1. The number of benzene rings is 2. The Balaban J connectivity index is 1.63.